The molecule has 0 bridgehead atoms. The Morgan fingerprint density at radius 1 is 1.53 bits per heavy atom. The van der Waals surface area contributed by atoms with Crippen molar-refractivity contribution in [1.82, 2.24) is 0 Å². The zero-order valence-electron chi connectivity index (χ0n) is 9.81. The topological polar surface area (TPSA) is 43.1 Å². The van der Waals surface area contributed by atoms with E-state index in [0.717, 1.165) is 12.0 Å². The minimum Gasteiger partial charge on any atom is -0.258 e. The summed E-state index contributed by atoms with van der Waals surface area (Å²) in [7, 11) is 0. The van der Waals surface area contributed by atoms with Gasteiger partial charge in [0.1, 0.15) is 0 Å². The lowest BCUT2D eigenvalue weighted by atomic mass is 10.0. The minimum absolute atomic E-state index is 0.0769. The molecular formula is C13H14ClNO2. The number of nitrogens with zero attached hydrogens (tertiary/aromatic N) is 1. The molecule has 0 spiro atoms. The highest BCUT2D eigenvalue weighted by Gasteiger charge is 2.14. The largest absolute Gasteiger partial charge is 0.276 e. The number of halogens is 1. The Morgan fingerprint density at radius 2 is 2.24 bits per heavy atom. The maximum atomic E-state index is 10.9. The van der Waals surface area contributed by atoms with Crippen LogP contribution in [0.5, 0.6) is 0 Å². The third-order valence-electron chi connectivity index (χ3n) is 2.30. The van der Waals surface area contributed by atoms with E-state index in [2.05, 4.69) is 0 Å². The summed E-state index contributed by atoms with van der Waals surface area (Å²) in [5, 5.41) is 11.4. The quantitative estimate of drug-likeness (QED) is 0.445. The van der Waals surface area contributed by atoms with Crippen LogP contribution in [0.1, 0.15) is 25.8 Å². The van der Waals surface area contributed by atoms with E-state index in [0.29, 0.717) is 10.6 Å². The predicted octanol–water partition coefficient (Wildman–Crippen LogP) is 4.62. The van der Waals surface area contributed by atoms with E-state index in [1.807, 2.05) is 32.1 Å². The number of rotatable bonds is 4. The fraction of sp³-hybridized carbons (Fsp3) is 0.231. The normalized spacial score (nSPS) is 12.1. The van der Waals surface area contributed by atoms with Crippen molar-refractivity contribution in [3.8, 4) is 0 Å². The van der Waals surface area contributed by atoms with Gasteiger partial charge in [-0.1, -0.05) is 36.8 Å². The number of hydrogen-bond acceptors (Lipinski definition) is 2. The third kappa shape index (κ3) is 3.71. The molecule has 90 valence electrons. The van der Waals surface area contributed by atoms with Crippen LogP contribution >= 0.6 is 11.6 Å². The van der Waals surface area contributed by atoms with E-state index in [9.17, 15) is 10.1 Å². The highest BCUT2D eigenvalue weighted by molar-refractivity contribution is 6.30. The van der Waals surface area contributed by atoms with Crippen LogP contribution in [0.2, 0.25) is 5.02 Å². The second-order valence-electron chi connectivity index (χ2n) is 3.60. The van der Waals surface area contributed by atoms with Gasteiger partial charge in [-0.2, -0.15) is 0 Å². The van der Waals surface area contributed by atoms with Crippen molar-refractivity contribution in [3.05, 3.63) is 57.1 Å². The fourth-order valence-corrected chi connectivity index (χ4v) is 1.59. The van der Waals surface area contributed by atoms with Crippen LogP contribution in [0, 0.1) is 10.1 Å². The van der Waals surface area contributed by atoms with Crippen LogP contribution in [0.25, 0.3) is 5.57 Å². The van der Waals surface area contributed by atoms with E-state index in [4.69, 9.17) is 11.6 Å². The Hall–Kier alpha value is -1.61. The molecule has 0 aliphatic carbocycles. The van der Waals surface area contributed by atoms with E-state index in [1.54, 1.807) is 6.07 Å². The lowest BCUT2D eigenvalue weighted by molar-refractivity contribution is -0.385. The van der Waals surface area contributed by atoms with Crippen molar-refractivity contribution < 1.29 is 4.92 Å². The molecular weight excluding hydrogens is 238 g/mol. The molecule has 0 atom stereocenters. The summed E-state index contributed by atoms with van der Waals surface area (Å²) in [6.45, 7) is 3.86. The first-order valence-electron chi connectivity index (χ1n) is 5.34. The summed E-state index contributed by atoms with van der Waals surface area (Å²) in [4.78, 5) is 10.5. The number of nitro groups is 1. The molecule has 17 heavy (non-hydrogen) atoms. The van der Waals surface area contributed by atoms with Gasteiger partial charge in [-0.3, -0.25) is 10.1 Å². The van der Waals surface area contributed by atoms with Crippen molar-refractivity contribution in [2.24, 2.45) is 0 Å². The Labute approximate surface area is 106 Å². The van der Waals surface area contributed by atoms with Gasteiger partial charge in [-0.15, -0.1) is 0 Å². The molecule has 0 amide bonds. The maximum Gasteiger partial charge on any atom is 0.276 e. The van der Waals surface area contributed by atoms with E-state index >= 15 is 0 Å². The minimum atomic E-state index is -0.396. The molecule has 0 radical (unpaired) electrons. The average Bonchev–Trinajstić information content (AvgIpc) is 2.28. The van der Waals surface area contributed by atoms with E-state index in [1.165, 1.54) is 12.1 Å². The summed E-state index contributed by atoms with van der Waals surface area (Å²) in [6.07, 6.45) is 6.66. The first kappa shape index (κ1) is 13.5. The maximum absolute atomic E-state index is 10.9. The van der Waals surface area contributed by atoms with E-state index in [-0.39, 0.29) is 5.69 Å². The first-order chi connectivity index (χ1) is 8.06. The number of benzene rings is 1. The Bertz CT molecular complexity index is 478. The van der Waals surface area contributed by atoms with Gasteiger partial charge in [0.2, 0.25) is 0 Å². The number of allylic oxidation sites excluding steroid dienone is 4. The standard InChI is InChI=1S/C13H14ClNO2/c1-3-4-5-6-10(2)12-9-11(14)7-8-13(12)15(16)17/h4-9H,3H2,1-2H3/b5-4-,10-6+. The van der Waals surface area contributed by atoms with Gasteiger partial charge >= 0.3 is 0 Å². The summed E-state index contributed by atoms with van der Waals surface area (Å²) >= 11 is 5.86. The Kier molecular flexibility index (Phi) is 4.91. The molecule has 1 rings (SSSR count). The molecule has 0 saturated heterocycles. The van der Waals surface area contributed by atoms with Gasteiger partial charge in [0, 0.05) is 11.1 Å². The molecule has 1 aromatic rings. The van der Waals surface area contributed by atoms with Crippen LogP contribution < -0.4 is 0 Å². The lowest BCUT2D eigenvalue weighted by Gasteiger charge is -2.03. The smallest absolute Gasteiger partial charge is 0.258 e. The number of nitro benzene ring substituents is 1. The van der Waals surface area contributed by atoms with Crippen molar-refractivity contribution in [2.45, 2.75) is 20.3 Å². The lowest BCUT2D eigenvalue weighted by Crippen LogP contribution is -1.93. The van der Waals surface area contributed by atoms with E-state index < -0.39 is 4.92 Å². The number of hydrogen-bond donors (Lipinski definition) is 0. The molecule has 0 fully saturated rings. The molecule has 0 saturated carbocycles. The zero-order chi connectivity index (χ0) is 12.8. The highest BCUT2D eigenvalue weighted by atomic mass is 35.5. The first-order valence-corrected chi connectivity index (χ1v) is 5.71. The second-order valence-corrected chi connectivity index (χ2v) is 4.04. The van der Waals surface area contributed by atoms with Gasteiger partial charge in [-0.05, 0) is 31.1 Å². The molecule has 0 aromatic heterocycles. The Balaban J connectivity index is 3.19. The van der Waals surface area contributed by atoms with Crippen molar-refractivity contribution in [1.29, 1.82) is 0 Å². The van der Waals surface area contributed by atoms with Crippen LogP contribution in [-0.2, 0) is 0 Å². The zero-order valence-corrected chi connectivity index (χ0v) is 10.6. The van der Waals surface area contributed by atoms with Crippen LogP contribution in [-0.4, -0.2) is 4.92 Å². The molecule has 4 heteroatoms. The third-order valence-corrected chi connectivity index (χ3v) is 2.53. The molecule has 0 heterocycles. The molecule has 1 aromatic carbocycles. The van der Waals surface area contributed by atoms with Gasteiger partial charge < -0.3 is 0 Å². The van der Waals surface area contributed by atoms with Crippen molar-refractivity contribution in [2.75, 3.05) is 0 Å². The summed E-state index contributed by atoms with van der Waals surface area (Å²) in [6, 6.07) is 4.57. The molecule has 0 unspecified atom stereocenters. The highest BCUT2D eigenvalue weighted by Crippen LogP contribution is 2.28. The van der Waals surface area contributed by atoms with Gasteiger partial charge in [0.15, 0.2) is 0 Å². The Morgan fingerprint density at radius 3 is 2.82 bits per heavy atom. The monoisotopic (exact) mass is 251 g/mol. The second kappa shape index (κ2) is 6.21. The molecule has 0 N–H and O–H groups in total. The van der Waals surface area contributed by atoms with Crippen molar-refractivity contribution >= 4 is 22.9 Å². The fourth-order valence-electron chi connectivity index (χ4n) is 1.42. The SMILES string of the molecule is CC/C=C\C=C(/C)c1cc(Cl)ccc1[N+](=O)[O-]. The molecule has 0 aliphatic rings. The molecule has 3 nitrogen and oxygen atoms in total. The summed E-state index contributed by atoms with van der Waals surface area (Å²) in [5.74, 6) is 0. The average molecular weight is 252 g/mol. The van der Waals surface area contributed by atoms with Gasteiger partial charge in [0.05, 0.1) is 10.5 Å². The van der Waals surface area contributed by atoms with Crippen LogP contribution in [0.3, 0.4) is 0 Å². The van der Waals surface area contributed by atoms with Crippen LogP contribution in [0.15, 0.2) is 36.4 Å². The van der Waals surface area contributed by atoms with Crippen molar-refractivity contribution in [3.63, 3.8) is 0 Å². The van der Waals surface area contributed by atoms with Gasteiger partial charge in [0.25, 0.3) is 5.69 Å². The summed E-state index contributed by atoms with van der Waals surface area (Å²) in [5.41, 5.74) is 1.46. The predicted molar refractivity (Wildman–Crippen MR) is 71.2 cm³/mol. The summed E-state index contributed by atoms with van der Waals surface area (Å²) < 4.78 is 0. The van der Waals surface area contributed by atoms with Gasteiger partial charge in [-0.25, -0.2) is 0 Å². The molecule has 0 aliphatic heterocycles. The van der Waals surface area contributed by atoms with Crippen LogP contribution in [0.4, 0.5) is 5.69 Å².